The van der Waals surface area contributed by atoms with E-state index < -0.39 is 0 Å². The molecule has 4 aromatic rings. The molecule has 0 aliphatic rings. The fraction of sp³-hybridized carbons (Fsp3) is 0.286. The summed E-state index contributed by atoms with van der Waals surface area (Å²) in [5.74, 6) is 0.107. The Hall–Kier alpha value is -3.44. The number of hydrogen-bond donors (Lipinski definition) is 1. The summed E-state index contributed by atoms with van der Waals surface area (Å²) in [6.45, 7) is 6.52. The van der Waals surface area contributed by atoms with Gasteiger partial charge in [0.15, 0.2) is 5.78 Å². The van der Waals surface area contributed by atoms with E-state index in [0.717, 1.165) is 36.4 Å². The van der Waals surface area contributed by atoms with Gasteiger partial charge in [-0.1, -0.05) is 0 Å². The fourth-order valence-electron chi connectivity index (χ4n) is 4.25. The van der Waals surface area contributed by atoms with Crippen LogP contribution in [-0.2, 0) is 13.0 Å². The van der Waals surface area contributed by atoms with E-state index in [2.05, 4.69) is 65.9 Å². The van der Waals surface area contributed by atoms with E-state index in [1.54, 1.807) is 12.4 Å². The molecule has 33 heavy (non-hydrogen) atoms. The van der Waals surface area contributed by atoms with Gasteiger partial charge in [-0.15, -0.1) is 0 Å². The van der Waals surface area contributed by atoms with Crippen molar-refractivity contribution < 1.29 is 4.79 Å². The molecule has 0 radical (unpaired) electrons. The van der Waals surface area contributed by atoms with Gasteiger partial charge >= 0.3 is 0 Å². The number of Topliss-reactive ketones (excluding diaryl/α,β-unsaturated/α-hetero) is 1. The summed E-state index contributed by atoms with van der Waals surface area (Å²) in [5, 5.41) is 4.77. The maximum atomic E-state index is 12.6. The third kappa shape index (κ3) is 5.32. The number of hydrogen-bond acceptors (Lipinski definition) is 4. The molecule has 2 aromatic carbocycles. The van der Waals surface area contributed by atoms with E-state index in [1.165, 1.54) is 22.2 Å². The third-order valence-corrected chi connectivity index (χ3v) is 6.24. The van der Waals surface area contributed by atoms with Gasteiger partial charge in [0.1, 0.15) is 0 Å². The molecule has 0 bridgehead atoms. The van der Waals surface area contributed by atoms with Crippen molar-refractivity contribution in [3.8, 4) is 0 Å². The SMILES string of the molecule is Cc1c(C)n(CCCN(C)C)c2ccc(Nc3ccc(C(=O)Cc4ccncc4)cc3)cc12. The Balaban J connectivity index is 1.47. The molecule has 170 valence electrons. The van der Waals surface area contributed by atoms with Crippen LogP contribution in [0.5, 0.6) is 0 Å². The van der Waals surface area contributed by atoms with Crippen molar-refractivity contribution in [1.82, 2.24) is 14.5 Å². The smallest absolute Gasteiger partial charge is 0.167 e. The zero-order valence-corrected chi connectivity index (χ0v) is 19.9. The molecule has 0 saturated heterocycles. The van der Waals surface area contributed by atoms with Crippen LogP contribution >= 0.6 is 0 Å². The van der Waals surface area contributed by atoms with Crippen LogP contribution in [0.3, 0.4) is 0 Å². The fourth-order valence-corrected chi connectivity index (χ4v) is 4.25. The van der Waals surface area contributed by atoms with Crippen molar-refractivity contribution in [3.05, 3.63) is 89.4 Å². The predicted octanol–water partition coefficient (Wildman–Crippen LogP) is 5.77. The number of aromatic nitrogens is 2. The first-order chi connectivity index (χ1) is 15.9. The molecule has 0 atom stereocenters. The summed E-state index contributed by atoms with van der Waals surface area (Å²) in [5.41, 5.74) is 7.65. The van der Waals surface area contributed by atoms with E-state index in [4.69, 9.17) is 0 Å². The molecule has 1 N–H and O–H groups in total. The molecule has 0 saturated carbocycles. The Morgan fingerprint density at radius 1 is 0.970 bits per heavy atom. The maximum absolute atomic E-state index is 12.6. The second-order valence-electron chi connectivity index (χ2n) is 8.91. The lowest BCUT2D eigenvalue weighted by Gasteiger charge is -2.12. The molecule has 0 fully saturated rings. The second kappa shape index (κ2) is 10.0. The Labute approximate surface area is 196 Å². The van der Waals surface area contributed by atoms with Crippen LogP contribution in [0, 0.1) is 13.8 Å². The van der Waals surface area contributed by atoms with Gasteiger partial charge in [0.2, 0.25) is 0 Å². The van der Waals surface area contributed by atoms with Crippen LogP contribution in [0.2, 0.25) is 0 Å². The normalized spacial score (nSPS) is 11.3. The number of carbonyl (C=O) groups excluding carboxylic acids is 1. The van der Waals surface area contributed by atoms with Crippen molar-refractivity contribution in [1.29, 1.82) is 0 Å². The topological polar surface area (TPSA) is 50.2 Å². The molecule has 0 aliphatic heterocycles. The average Bonchev–Trinajstić information content (AvgIpc) is 3.04. The number of fused-ring (bicyclic) bond motifs is 1. The largest absolute Gasteiger partial charge is 0.356 e. The Bertz CT molecular complexity index is 1240. The van der Waals surface area contributed by atoms with Crippen molar-refractivity contribution >= 4 is 28.1 Å². The van der Waals surface area contributed by atoms with Crippen LogP contribution in [0.15, 0.2) is 67.0 Å². The van der Waals surface area contributed by atoms with Crippen LogP contribution < -0.4 is 5.32 Å². The molecule has 0 unspecified atom stereocenters. The molecule has 0 spiro atoms. The first-order valence-electron chi connectivity index (χ1n) is 11.5. The molecule has 2 heterocycles. The Morgan fingerprint density at radius 3 is 2.36 bits per heavy atom. The van der Waals surface area contributed by atoms with E-state index in [1.807, 2.05) is 36.4 Å². The van der Waals surface area contributed by atoms with Gasteiger partial charge in [-0.2, -0.15) is 0 Å². The zero-order chi connectivity index (χ0) is 23.4. The highest BCUT2D eigenvalue weighted by Gasteiger charge is 2.12. The van der Waals surface area contributed by atoms with Gasteiger partial charge in [-0.25, -0.2) is 0 Å². The number of anilines is 2. The number of rotatable bonds is 9. The third-order valence-electron chi connectivity index (χ3n) is 6.24. The lowest BCUT2D eigenvalue weighted by Crippen LogP contribution is -2.15. The van der Waals surface area contributed by atoms with Crippen LogP contribution in [0.4, 0.5) is 11.4 Å². The summed E-state index contributed by atoms with van der Waals surface area (Å²) < 4.78 is 2.43. The van der Waals surface area contributed by atoms with Crippen molar-refractivity contribution in [3.63, 3.8) is 0 Å². The second-order valence-corrected chi connectivity index (χ2v) is 8.91. The molecule has 5 nitrogen and oxygen atoms in total. The summed E-state index contributed by atoms with van der Waals surface area (Å²) in [6.07, 6.45) is 4.95. The minimum absolute atomic E-state index is 0.107. The van der Waals surface area contributed by atoms with Crippen LogP contribution in [-0.4, -0.2) is 40.9 Å². The van der Waals surface area contributed by atoms with Gasteiger partial charge in [-0.05, 0) is 107 Å². The first kappa shape index (κ1) is 22.7. The van der Waals surface area contributed by atoms with E-state index in [-0.39, 0.29) is 5.78 Å². The highest BCUT2D eigenvalue weighted by Crippen LogP contribution is 2.29. The van der Waals surface area contributed by atoms with Crippen LogP contribution in [0.1, 0.15) is 33.6 Å². The van der Waals surface area contributed by atoms with E-state index in [9.17, 15) is 4.79 Å². The van der Waals surface area contributed by atoms with Gasteiger partial charge in [-0.3, -0.25) is 9.78 Å². The number of benzene rings is 2. The lowest BCUT2D eigenvalue weighted by atomic mass is 10.0. The summed E-state index contributed by atoms with van der Waals surface area (Å²) in [7, 11) is 4.24. The molecule has 2 aromatic heterocycles. The number of pyridine rings is 1. The van der Waals surface area contributed by atoms with Crippen LogP contribution in [0.25, 0.3) is 10.9 Å². The highest BCUT2D eigenvalue weighted by molar-refractivity contribution is 5.98. The van der Waals surface area contributed by atoms with Gasteiger partial charge in [0.25, 0.3) is 0 Å². The molecule has 4 rings (SSSR count). The molecule has 0 aliphatic carbocycles. The molecular formula is C28H32N4O. The summed E-state index contributed by atoms with van der Waals surface area (Å²) in [6, 6.07) is 18.0. The van der Waals surface area contributed by atoms with Gasteiger partial charge in [0, 0.05) is 58.9 Å². The number of carbonyl (C=O) groups is 1. The first-order valence-corrected chi connectivity index (χ1v) is 11.5. The molecule has 0 amide bonds. The number of nitrogens with zero attached hydrogens (tertiary/aromatic N) is 3. The minimum atomic E-state index is 0.107. The quantitative estimate of drug-likeness (QED) is 0.336. The van der Waals surface area contributed by atoms with E-state index in [0.29, 0.717) is 12.0 Å². The van der Waals surface area contributed by atoms with Gasteiger partial charge < -0.3 is 14.8 Å². The molecule has 5 heteroatoms. The van der Waals surface area contributed by atoms with Crippen molar-refractivity contribution in [2.24, 2.45) is 0 Å². The minimum Gasteiger partial charge on any atom is -0.356 e. The van der Waals surface area contributed by atoms with Crippen molar-refractivity contribution in [2.75, 3.05) is 26.0 Å². The summed E-state index contributed by atoms with van der Waals surface area (Å²) >= 11 is 0. The van der Waals surface area contributed by atoms with E-state index >= 15 is 0 Å². The van der Waals surface area contributed by atoms with Crippen molar-refractivity contribution in [2.45, 2.75) is 33.2 Å². The number of nitrogens with one attached hydrogen (secondary N) is 1. The average molecular weight is 441 g/mol. The number of aryl methyl sites for hydroxylation is 2. The number of ketones is 1. The molecular weight excluding hydrogens is 408 g/mol. The Kier molecular flexibility index (Phi) is 6.90. The maximum Gasteiger partial charge on any atom is 0.167 e. The zero-order valence-electron chi connectivity index (χ0n) is 19.9. The Morgan fingerprint density at radius 2 is 1.67 bits per heavy atom. The summed E-state index contributed by atoms with van der Waals surface area (Å²) in [4.78, 5) is 18.8. The monoisotopic (exact) mass is 440 g/mol. The lowest BCUT2D eigenvalue weighted by molar-refractivity contribution is 0.0993. The van der Waals surface area contributed by atoms with Gasteiger partial charge in [0.05, 0.1) is 0 Å². The highest BCUT2D eigenvalue weighted by atomic mass is 16.1. The standard InChI is InChI=1S/C28H32N4O/c1-20-21(2)32(17-5-16-31(3)4)27-11-10-25(19-26(20)27)30-24-8-6-23(7-9-24)28(33)18-22-12-14-29-15-13-22/h6-15,19,30H,5,16-18H2,1-4H3. The predicted molar refractivity (Wildman–Crippen MR) is 137 cm³/mol.